The molecule has 0 saturated heterocycles. The van der Waals surface area contributed by atoms with Crippen molar-refractivity contribution in [3.63, 3.8) is 0 Å². The lowest BCUT2D eigenvalue weighted by molar-refractivity contribution is 0.128. The SMILES string of the molecule is C[Si](C)(C)CCOCc1nc(-c2ccc(Cl)cc2)c(-c2ccc(Cl)cc2)[nH]1. The molecule has 27 heavy (non-hydrogen) atoms. The van der Waals surface area contributed by atoms with Gasteiger partial charge in [-0.3, -0.25) is 0 Å². The predicted molar refractivity (Wildman–Crippen MR) is 117 cm³/mol. The molecule has 1 aromatic heterocycles. The van der Waals surface area contributed by atoms with Gasteiger partial charge in [0, 0.05) is 35.9 Å². The molecule has 0 aliphatic carbocycles. The Morgan fingerprint density at radius 1 is 0.889 bits per heavy atom. The molecule has 6 heteroatoms. The van der Waals surface area contributed by atoms with E-state index in [2.05, 4.69) is 24.6 Å². The third-order valence-electron chi connectivity index (χ3n) is 4.24. The topological polar surface area (TPSA) is 37.9 Å². The number of nitrogens with zero attached hydrogens (tertiary/aromatic N) is 1. The molecule has 0 radical (unpaired) electrons. The van der Waals surface area contributed by atoms with Gasteiger partial charge in [-0.1, -0.05) is 67.1 Å². The lowest BCUT2D eigenvalue weighted by Crippen LogP contribution is -2.21. The molecule has 142 valence electrons. The highest BCUT2D eigenvalue weighted by atomic mass is 35.5. The molecule has 0 aliphatic rings. The van der Waals surface area contributed by atoms with Crippen molar-refractivity contribution in [3.05, 3.63) is 64.4 Å². The number of rotatable bonds is 7. The van der Waals surface area contributed by atoms with Gasteiger partial charge < -0.3 is 9.72 Å². The molecule has 1 heterocycles. The van der Waals surface area contributed by atoms with Crippen LogP contribution in [0.25, 0.3) is 22.5 Å². The number of hydrogen-bond acceptors (Lipinski definition) is 2. The highest BCUT2D eigenvalue weighted by Crippen LogP contribution is 2.31. The van der Waals surface area contributed by atoms with E-state index in [1.807, 2.05) is 48.5 Å². The summed E-state index contributed by atoms with van der Waals surface area (Å²) in [5.74, 6) is 0.820. The maximum Gasteiger partial charge on any atom is 0.133 e. The van der Waals surface area contributed by atoms with Crippen LogP contribution < -0.4 is 0 Å². The highest BCUT2D eigenvalue weighted by Gasteiger charge is 2.16. The number of hydrogen-bond donors (Lipinski definition) is 1. The Morgan fingerprint density at radius 2 is 1.44 bits per heavy atom. The van der Waals surface area contributed by atoms with Gasteiger partial charge in [0.05, 0.1) is 11.4 Å². The van der Waals surface area contributed by atoms with Crippen molar-refractivity contribution in [2.75, 3.05) is 6.61 Å². The minimum absolute atomic E-state index is 0.471. The van der Waals surface area contributed by atoms with E-state index in [-0.39, 0.29) is 0 Å². The monoisotopic (exact) mass is 418 g/mol. The Bertz CT molecular complexity index is 821. The van der Waals surface area contributed by atoms with E-state index in [1.54, 1.807) is 0 Å². The Balaban J connectivity index is 1.87. The van der Waals surface area contributed by atoms with Crippen molar-refractivity contribution < 1.29 is 4.74 Å². The van der Waals surface area contributed by atoms with Crippen LogP contribution in [0.15, 0.2) is 48.5 Å². The molecule has 3 aromatic rings. The first-order valence-electron chi connectivity index (χ1n) is 9.00. The molecular weight excluding hydrogens is 395 g/mol. The number of nitrogens with one attached hydrogen (secondary N) is 1. The summed E-state index contributed by atoms with van der Waals surface area (Å²) in [6.07, 6.45) is 0. The quantitative estimate of drug-likeness (QED) is 0.334. The fourth-order valence-electron chi connectivity index (χ4n) is 2.68. The van der Waals surface area contributed by atoms with Crippen LogP contribution in [-0.2, 0) is 11.3 Å². The summed E-state index contributed by atoms with van der Waals surface area (Å²) in [4.78, 5) is 8.23. The van der Waals surface area contributed by atoms with E-state index < -0.39 is 8.07 Å². The predicted octanol–water partition coefficient (Wildman–Crippen LogP) is 6.91. The number of H-pyrrole nitrogens is 1. The van der Waals surface area contributed by atoms with Gasteiger partial charge in [-0.2, -0.15) is 0 Å². The summed E-state index contributed by atoms with van der Waals surface area (Å²) in [5, 5.41) is 1.42. The number of ether oxygens (including phenoxy) is 1. The third-order valence-corrected chi connectivity index (χ3v) is 6.45. The molecule has 1 N–H and O–H groups in total. The lowest BCUT2D eigenvalue weighted by atomic mass is 10.1. The smallest absolute Gasteiger partial charge is 0.133 e. The number of aromatic nitrogens is 2. The van der Waals surface area contributed by atoms with Gasteiger partial charge in [0.25, 0.3) is 0 Å². The molecule has 0 bridgehead atoms. The highest BCUT2D eigenvalue weighted by molar-refractivity contribution is 6.76. The van der Waals surface area contributed by atoms with Gasteiger partial charge in [0.2, 0.25) is 0 Å². The molecule has 0 unspecified atom stereocenters. The van der Waals surface area contributed by atoms with Gasteiger partial charge in [-0.25, -0.2) is 4.98 Å². The second-order valence-corrected chi connectivity index (χ2v) is 14.3. The molecule has 3 nitrogen and oxygen atoms in total. The minimum Gasteiger partial charge on any atom is -0.374 e. The number of imidazole rings is 1. The number of benzene rings is 2. The molecule has 2 aromatic carbocycles. The van der Waals surface area contributed by atoms with E-state index in [0.29, 0.717) is 16.7 Å². The standard InChI is InChI=1S/C21H24Cl2N2OSi/c1-27(2,3)13-12-26-14-19-24-20(15-4-8-17(22)9-5-15)21(25-19)16-6-10-18(23)11-7-16/h4-11H,12-14H2,1-3H3,(H,24,25). The van der Waals surface area contributed by atoms with E-state index in [1.165, 1.54) is 0 Å². The first-order chi connectivity index (χ1) is 12.8. The Hall–Kier alpha value is -1.59. The summed E-state index contributed by atoms with van der Waals surface area (Å²) in [5.41, 5.74) is 3.88. The second-order valence-electron chi connectivity index (χ2n) is 7.78. The molecule has 0 saturated carbocycles. The van der Waals surface area contributed by atoms with Crippen molar-refractivity contribution in [1.29, 1.82) is 0 Å². The lowest BCUT2D eigenvalue weighted by Gasteiger charge is -2.14. The van der Waals surface area contributed by atoms with Crippen LogP contribution in [0.4, 0.5) is 0 Å². The van der Waals surface area contributed by atoms with Crippen LogP contribution >= 0.6 is 23.2 Å². The normalized spacial score (nSPS) is 11.7. The van der Waals surface area contributed by atoms with E-state index in [4.69, 9.17) is 32.9 Å². The third kappa shape index (κ3) is 5.69. The summed E-state index contributed by atoms with van der Waals surface area (Å²) < 4.78 is 5.87. The molecule has 0 atom stereocenters. The maximum absolute atomic E-state index is 6.04. The largest absolute Gasteiger partial charge is 0.374 e. The zero-order valence-electron chi connectivity index (χ0n) is 15.9. The van der Waals surface area contributed by atoms with Gasteiger partial charge in [-0.05, 0) is 30.3 Å². The summed E-state index contributed by atoms with van der Waals surface area (Å²) >= 11 is 12.1. The first kappa shape index (κ1) is 20.1. The zero-order chi connectivity index (χ0) is 19.4. The summed E-state index contributed by atoms with van der Waals surface area (Å²) in [7, 11) is -1.10. The fourth-order valence-corrected chi connectivity index (χ4v) is 3.69. The van der Waals surface area contributed by atoms with Crippen molar-refractivity contribution in [2.45, 2.75) is 32.3 Å². The van der Waals surface area contributed by atoms with Crippen LogP contribution in [0.3, 0.4) is 0 Å². The number of aromatic amines is 1. The molecule has 0 spiro atoms. The maximum atomic E-state index is 6.04. The average molecular weight is 419 g/mol. The van der Waals surface area contributed by atoms with Crippen LogP contribution in [0.1, 0.15) is 5.82 Å². The summed E-state index contributed by atoms with van der Waals surface area (Å²) in [6, 6.07) is 16.6. The van der Waals surface area contributed by atoms with Crippen molar-refractivity contribution in [1.82, 2.24) is 9.97 Å². The molecular formula is C21H24Cl2N2OSi. The minimum atomic E-state index is -1.10. The molecule has 0 aliphatic heterocycles. The van der Waals surface area contributed by atoms with Crippen LogP contribution in [-0.4, -0.2) is 24.6 Å². The molecule has 3 rings (SSSR count). The molecule has 0 fully saturated rings. The Labute approximate surface area is 171 Å². The van der Waals surface area contributed by atoms with E-state index >= 15 is 0 Å². The number of halogens is 2. The summed E-state index contributed by atoms with van der Waals surface area (Å²) in [6.45, 7) is 8.28. The van der Waals surface area contributed by atoms with Gasteiger partial charge in [-0.15, -0.1) is 0 Å². The van der Waals surface area contributed by atoms with E-state index in [9.17, 15) is 0 Å². The van der Waals surface area contributed by atoms with Crippen LogP contribution in [0.5, 0.6) is 0 Å². The molecule has 0 amide bonds. The van der Waals surface area contributed by atoms with E-state index in [0.717, 1.165) is 41.0 Å². The van der Waals surface area contributed by atoms with Crippen LogP contribution in [0.2, 0.25) is 35.7 Å². The average Bonchev–Trinajstić information content (AvgIpc) is 3.03. The van der Waals surface area contributed by atoms with Gasteiger partial charge in [0.1, 0.15) is 12.4 Å². The van der Waals surface area contributed by atoms with Crippen LogP contribution in [0, 0.1) is 0 Å². The second kappa shape index (κ2) is 8.61. The van der Waals surface area contributed by atoms with Crippen molar-refractivity contribution in [2.24, 2.45) is 0 Å². The van der Waals surface area contributed by atoms with Crippen molar-refractivity contribution >= 4 is 31.3 Å². The Morgan fingerprint density at radius 3 is 2.00 bits per heavy atom. The van der Waals surface area contributed by atoms with Gasteiger partial charge >= 0.3 is 0 Å². The van der Waals surface area contributed by atoms with Crippen molar-refractivity contribution in [3.8, 4) is 22.5 Å². The van der Waals surface area contributed by atoms with Gasteiger partial charge in [0.15, 0.2) is 0 Å². The zero-order valence-corrected chi connectivity index (χ0v) is 18.4. The fraction of sp³-hybridized carbons (Fsp3) is 0.286. The Kier molecular flexibility index (Phi) is 6.43. The first-order valence-corrected chi connectivity index (χ1v) is 13.5.